The smallest absolute Gasteiger partial charge is 0.247 e. The largest absolute Gasteiger partial charge is 0.366 e. The highest BCUT2D eigenvalue weighted by atomic mass is 19.1. The lowest BCUT2D eigenvalue weighted by Gasteiger charge is -2.36. The first kappa shape index (κ1) is 18.2. The van der Waals surface area contributed by atoms with Crippen LogP contribution in [0.25, 0.3) is 0 Å². The predicted octanol–water partition coefficient (Wildman–Crippen LogP) is 2.97. The van der Waals surface area contributed by atoms with Crippen LogP contribution >= 0.6 is 0 Å². The highest BCUT2D eigenvalue weighted by molar-refractivity contribution is 5.50. The molecule has 0 amide bonds. The summed E-state index contributed by atoms with van der Waals surface area (Å²) >= 11 is 0. The van der Waals surface area contributed by atoms with Crippen molar-refractivity contribution in [3.05, 3.63) is 72.2 Å². The minimum Gasteiger partial charge on any atom is -0.366 e. The minimum absolute atomic E-state index is 0.182. The molecule has 7 heteroatoms. The normalized spacial score (nSPS) is 14.2. The third kappa shape index (κ3) is 4.03. The molecular formula is C21H23FN6. The molecule has 0 radical (unpaired) electrons. The molecule has 1 aliphatic heterocycles. The summed E-state index contributed by atoms with van der Waals surface area (Å²) in [5, 5.41) is 8.36. The Morgan fingerprint density at radius 3 is 2.36 bits per heavy atom. The summed E-state index contributed by atoms with van der Waals surface area (Å²) in [6.07, 6.45) is 1.68. The molecule has 0 bridgehead atoms. The van der Waals surface area contributed by atoms with E-state index in [1.807, 2.05) is 37.4 Å². The van der Waals surface area contributed by atoms with Gasteiger partial charge >= 0.3 is 0 Å². The number of aromatic nitrogens is 3. The lowest BCUT2D eigenvalue weighted by atomic mass is 10.2. The number of hydrogen-bond donors (Lipinski definition) is 0. The van der Waals surface area contributed by atoms with Crippen molar-refractivity contribution in [3.63, 3.8) is 0 Å². The Balaban J connectivity index is 1.42. The lowest BCUT2D eigenvalue weighted by Crippen LogP contribution is -2.47. The Kier molecular flexibility index (Phi) is 5.32. The molecule has 4 rings (SSSR count). The average molecular weight is 378 g/mol. The summed E-state index contributed by atoms with van der Waals surface area (Å²) < 4.78 is 14.0. The van der Waals surface area contributed by atoms with Gasteiger partial charge in [0.15, 0.2) is 5.82 Å². The fraction of sp³-hybridized carbons (Fsp3) is 0.286. The summed E-state index contributed by atoms with van der Waals surface area (Å²) in [6, 6.07) is 17.2. The van der Waals surface area contributed by atoms with Gasteiger partial charge in [0.2, 0.25) is 5.95 Å². The van der Waals surface area contributed by atoms with Gasteiger partial charge in [0.1, 0.15) is 5.82 Å². The first-order chi connectivity index (χ1) is 13.7. The molecule has 6 nitrogen and oxygen atoms in total. The van der Waals surface area contributed by atoms with Crippen LogP contribution in [0.2, 0.25) is 0 Å². The molecule has 1 aromatic heterocycles. The fourth-order valence-electron chi connectivity index (χ4n) is 3.40. The maximum absolute atomic E-state index is 14.0. The molecule has 144 valence electrons. The molecule has 0 atom stereocenters. The summed E-state index contributed by atoms with van der Waals surface area (Å²) in [4.78, 5) is 10.9. The molecule has 3 aromatic rings. The second-order valence-corrected chi connectivity index (χ2v) is 6.88. The van der Waals surface area contributed by atoms with Crippen molar-refractivity contribution in [1.29, 1.82) is 0 Å². The van der Waals surface area contributed by atoms with Crippen LogP contribution in [0.15, 0.2) is 60.8 Å². The Hall–Kier alpha value is -3.22. The van der Waals surface area contributed by atoms with E-state index >= 15 is 0 Å². The van der Waals surface area contributed by atoms with Crippen LogP contribution in [-0.2, 0) is 6.54 Å². The van der Waals surface area contributed by atoms with Crippen molar-refractivity contribution in [3.8, 4) is 0 Å². The molecule has 0 aliphatic carbocycles. The van der Waals surface area contributed by atoms with Crippen LogP contribution in [0.3, 0.4) is 0 Å². The second-order valence-electron chi connectivity index (χ2n) is 6.88. The van der Waals surface area contributed by atoms with Crippen molar-refractivity contribution in [2.75, 3.05) is 47.9 Å². The molecule has 0 saturated carbocycles. The lowest BCUT2D eigenvalue weighted by molar-refractivity contribution is 0.592. The number of benzene rings is 2. The van der Waals surface area contributed by atoms with E-state index in [1.54, 1.807) is 12.3 Å². The number of hydrogen-bond acceptors (Lipinski definition) is 6. The number of para-hydroxylation sites is 1. The second kappa shape index (κ2) is 8.21. The first-order valence-electron chi connectivity index (χ1n) is 9.40. The van der Waals surface area contributed by atoms with Crippen molar-refractivity contribution >= 4 is 17.5 Å². The molecule has 1 saturated heterocycles. The maximum Gasteiger partial charge on any atom is 0.247 e. The summed E-state index contributed by atoms with van der Waals surface area (Å²) in [5.74, 6) is 1.22. The Morgan fingerprint density at radius 1 is 0.929 bits per heavy atom. The SMILES string of the molecule is CN(Cc1ccccc1)c1cnnc(N2CCN(c3ccccc3F)CC2)n1. The monoisotopic (exact) mass is 378 g/mol. The molecule has 2 heterocycles. The number of rotatable bonds is 5. The van der Waals surface area contributed by atoms with Gasteiger partial charge in [-0.15, -0.1) is 5.10 Å². The highest BCUT2D eigenvalue weighted by Gasteiger charge is 2.21. The zero-order chi connectivity index (χ0) is 19.3. The van der Waals surface area contributed by atoms with Crippen LogP contribution in [0.5, 0.6) is 0 Å². The van der Waals surface area contributed by atoms with Crippen molar-refractivity contribution in [2.24, 2.45) is 0 Å². The van der Waals surface area contributed by atoms with Crippen LogP contribution in [0.4, 0.5) is 21.8 Å². The number of piperazine rings is 1. The molecule has 0 spiro atoms. The summed E-state index contributed by atoms with van der Waals surface area (Å²) in [7, 11) is 2.00. The first-order valence-corrected chi connectivity index (χ1v) is 9.40. The summed E-state index contributed by atoms with van der Waals surface area (Å²) in [5.41, 5.74) is 1.86. The summed E-state index contributed by atoms with van der Waals surface area (Å²) in [6.45, 7) is 3.63. The average Bonchev–Trinajstić information content (AvgIpc) is 2.75. The minimum atomic E-state index is -0.182. The Bertz CT molecular complexity index is 912. The van der Waals surface area contributed by atoms with Crippen molar-refractivity contribution in [2.45, 2.75) is 6.54 Å². The zero-order valence-corrected chi connectivity index (χ0v) is 15.9. The van der Waals surface area contributed by atoms with Gasteiger partial charge in [0, 0.05) is 39.8 Å². The topological polar surface area (TPSA) is 48.4 Å². The van der Waals surface area contributed by atoms with E-state index < -0.39 is 0 Å². The number of halogens is 1. The molecular weight excluding hydrogens is 355 g/mol. The molecule has 0 N–H and O–H groups in total. The van der Waals surface area contributed by atoms with Gasteiger partial charge in [-0.3, -0.25) is 0 Å². The number of anilines is 3. The van der Waals surface area contributed by atoms with Gasteiger partial charge in [-0.25, -0.2) is 4.39 Å². The Morgan fingerprint density at radius 2 is 1.61 bits per heavy atom. The van der Waals surface area contributed by atoms with Crippen LogP contribution in [0, 0.1) is 5.82 Å². The highest BCUT2D eigenvalue weighted by Crippen LogP contribution is 2.22. The molecule has 2 aromatic carbocycles. The fourth-order valence-corrected chi connectivity index (χ4v) is 3.40. The zero-order valence-electron chi connectivity index (χ0n) is 15.9. The van der Waals surface area contributed by atoms with Gasteiger partial charge in [-0.2, -0.15) is 10.1 Å². The number of nitrogens with zero attached hydrogens (tertiary/aromatic N) is 6. The van der Waals surface area contributed by atoms with Gasteiger partial charge in [0.05, 0.1) is 11.9 Å². The van der Waals surface area contributed by atoms with Crippen molar-refractivity contribution in [1.82, 2.24) is 15.2 Å². The molecule has 0 unspecified atom stereocenters. The van der Waals surface area contributed by atoms with Gasteiger partial charge in [0.25, 0.3) is 0 Å². The quantitative estimate of drug-likeness (QED) is 0.680. The molecule has 1 fully saturated rings. The third-order valence-corrected chi connectivity index (χ3v) is 4.94. The maximum atomic E-state index is 14.0. The third-order valence-electron chi connectivity index (χ3n) is 4.94. The van der Waals surface area contributed by atoms with E-state index in [0.29, 0.717) is 24.7 Å². The van der Waals surface area contributed by atoms with Crippen molar-refractivity contribution < 1.29 is 4.39 Å². The van der Waals surface area contributed by atoms with Gasteiger partial charge < -0.3 is 14.7 Å². The van der Waals surface area contributed by atoms with Crippen LogP contribution < -0.4 is 14.7 Å². The van der Waals surface area contributed by atoms with E-state index in [0.717, 1.165) is 25.5 Å². The molecule has 1 aliphatic rings. The van der Waals surface area contributed by atoms with E-state index in [9.17, 15) is 4.39 Å². The van der Waals surface area contributed by atoms with E-state index in [1.165, 1.54) is 11.6 Å². The van der Waals surface area contributed by atoms with Crippen LogP contribution in [0.1, 0.15) is 5.56 Å². The van der Waals surface area contributed by atoms with E-state index in [2.05, 4.69) is 37.0 Å². The van der Waals surface area contributed by atoms with E-state index in [4.69, 9.17) is 4.98 Å². The standard InChI is InChI=1S/C21H23FN6/c1-26(16-17-7-3-2-4-8-17)20-15-23-25-21(24-20)28-13-11-27(12-14-28)19-10-6-5-9-18(19)22/h2-10,15H,11-14,16H2,1H3. The van der Waals surface area contributed by atoms with E-state index in [-0.39, 0.29) is 5.82 Å². The Labute approximate surface area is 164 Å². The van der Waals surface area contributed by atoms with Crippen LogP contribution in [-0.4, -0.2) is 48.4 Å². The predicted molar refractivity (Wildman–Crippen MR) is 109 cm³/mol. The molecule has 28 heavy (non-hydrogen) atoms. The van der Waals surface area contributed by atoms with Gasteiger partial charge in [-0.05, 0) is 17.7 Å². The van der Waals surface area contributed by atoms with Gasteiger partial charge in [-0.1, -0.05) is 42.5 Å².